The van der Waals surface area contributed by atoms with Crippen molar-refractivity contribution in [3.05, 3.63) is 30.1 Å². The molecule has 1 aliphatic carbocycles. The van der Waals surface area contributed by atoms with Crippen LogP contribution < -0.4 is 0 Å². The summed E-state index contributed by atoms with van der Waals surface area (Å²) >= 11 is 0. The van der Waals surface area contributed by atoms with Gasteiger partial charge in [-0.1, -0.05) is 13.8 Å². The molecule has 32 heavy (non-hydrogen) atoms. The maximum absolute atomic E-state index is 13.2. The van der Waals surface area contributed by atoms with Crippen molar-refractivity contribution in [3.8, 4) is 0 Å². The lowest BCUT2D eigenvalue weighted by molar-refractivity contribution is -0.137. The molecule has 2 atom stereocenters. The summed E-state index contributed by atoms with van der Waals surface area (Å²) in [5, 5.41) is 0. The number of carbonyl (C=O) groups excluding carboxylic acids is 1. The molecule has 2 heterocycles. The average Bonchev–Trinajstić information content (AvgIpc) is 3.21. The van der Waals surface area contributed by atoms with Gasteiger partial charge in [0.25, 0.3) is 0 Å². The van der Waals surface area contributed by atoms with Crippen LogP contribution >= 0.6 is 0 Å². The fourth-order valence-electron chi connectivity index (χ4n) is 5.26. The summed E-state index contributed by atoms with van der Waals surface area (Å²) in [6.45, 7) is 6.29. The molecule has 176 valence electrons. The first-order chi connectivity index (χ1) is 15.0. The fraction of sp³-hybridized carbons (Fsp3) is 0.652. The molecule has 4 rings (SSSR count). The van der Waals surface area contributed by atoms with Crippen LogP contribution in [-0.4, -0.2) is 53.0 Å². The second-order valence-electron chi connectivity index (χ2n) is 10.1. The van der Waals surface area contributed by atoms with Crippen LogP contribution in [0.3, 0.4) is 0 Å². The van der Waals surface area contributed by atoms with Crippen molar-refractivity contribution in [3.63, 3.8) is 0 Å². The van der Waals surface area contributed by atoms with E-state index < -0.39 is 17.3 Å². The summed E-state index contributed by atoms with van der Waals surface area (Å²) in [5.74, 6) is 0.190. The molecule has 2 aromatic rings. The minimum absolute atomic E-state index is 0.181. The van der Waals surface area contributed by atoms with Crippen LogP contribution in [0.1, 0.15) is 45.1 Å². The van der Waals surface area contributed by atoms with Gasteiger partial charge in [0.2, 0.25) is 0 Å². The first-order valence-corrected chi connectivity index (χ1v) is 11.0. The van der Waals surface area contributed by atoms with E-state index in [0.717, 1.165) is 31.4 Å². The van der Waals surface area contributed by atoms with Gasteiger partial charge in [0, 0.05) is 25.6 Å². The summed E-state index contributed by atoms with van der Waals surface area (Å²) in [4.78, 5) is 18.6. The number of nitrogens with zero attached hydrogens (tertiary/aromatic N) is 3. The number of ether oxygens (including phenoxy) is 2. The summed E-state index contributed by atoms with van der Waals surface area (Å²) in [6, 6.07) is 3.64. The van der Waals surface area contributed by atoms with Crippen molar-refractivity contribution in [2.45, 2.75) is 57.9 Å². The number of imidazole rings is 1. The van der Waals surface area contributed by atoms with Crippen molar-refractivity contribution in [1.29, 1.82) is 0 Å². The minimum atomic E-state index is -4.39. The highest BCUT2D eigenvalue weighted by Gasteiger charge is 2.48. The zero-order chi connectivity index (χ0) is 23.1. The number of alkyl halides is 3. The van der Waals surface area contributed by atoms with Gasteiger partial charge in [0.05, 0.1) is 36.1 Å². The van der Waals surface area contributed by atoms with Gasteiger partial charge in [-0.25, -0.2) is 9.78 Å². The number of hydrogen-bond donors (Lipinski definition) is 0. The van der Waals surface area contributed by atoms with Crippen LogP contribution in [0.15, 0.2) is 24.5 Å². The molecule has 6 nitrogen and oxygen atoms in total. The Morgan fingerprint density at radius 1 is 1.31 bits per heavy atom. The Morgan fingerprint density at radius 2 is 2.09 bits per heavy atom. The summed E-state index contributed by atoms with van der Waals surface area (Å²) in [6.07, 6.45) is 0.263. The number of methoxy groups -OCH3 is 1. The van der Waals surface area contributed by atoms with Gasteiger partial charge in [0.15, 0.2) is 0 Å². The first-order valence-electron chi connectivity index (χ1n) is 11.0. The quantitative estimate of drug-likeness (QED) is 0.610. The van der Waals surface area contributed by atoms with Gasteiger partial charge >= 0.3 is 12.3 Å². The normalized spacial score (nSPS) is 24.5. The SMILES string of the molecule is COCC(C)(C)CN1C[C@@]2(CCC[C@H](Cn3cnc4ccc(C(F)(F)F)cc43)C2)OC1=O. The van der Waals surface area contributed by atoms with Crippen LogP contribution in [0, 0.1) is 11.3 Å². The van der Waals surface area contributed by atoms with E-state index in [4.69, 9.17) is 9.47 Å². The van der Waals surface area contributed by atoms with Gasteiger partial charge in [-0.05, 0) is 49.8 Å². The van der Waals surface area contributed by atoms with Gasteiger partial charge in [-0.15, -0.1) is 0 Å². The van der Waals surface area contributed by atoms with E-state index >= 15 is 0 Å². The van der Waals surface area contributed by atoms with Crippen LogP contribution in [0.5, 0.6) is 0 Å². The predicted octanol–water partition coefficient (Wildman–Crippen LogP) is 5.11. The molecule has 2 fully saturated rings. The molecule has 1 spiro atoms. The zero-order valence-corrected chi connectivity index (χ0v) is 18.7. The van der Waals surface area contributed by atoms with Gasteiger partial charge in [0.1, 0.15) is 5.60 Å². The zero-order valence-electron chi connectivity index (χ0n) is 18.7. The fourth-order valence-corrected chi connectivity index (χ4v) is 5.26. The molecule has 0 unspecified atom stereocenters. The van der Waals surface area contributed by atoms with E-state index in [9.17, 15) is 18.0 Å². The summed E-state index contributed by atoms with van der Waals surface area (Å²) in [7, 11) is 1.65. The van der Waals surface area contributed by atoms with Crippen molar-refractivity contribution in [2.75, 3.05) is 26.8 Å². The highest BCUT2D eigenvalue weighted by atomic mass is 19.4. The third kappa shape index (κ3) is 4.72. The Labute approximate surface area is 185 Å². The van der Waals surface area contributed by atoms with Crippen LogP contribution in [-0.2, 0) is 22.2 Å². The lowest BCUT2D eigenvalue weighted by Crippen LogP contribution is -2.42. The van der Waals surface area contributed by atoms with E-state index in [1.807, 2.05) is 0 Å². The molecule has 2 aliphatic rings. The van der Waals surface area contributed by atoms with Crippen molar-refractivity contribution in [2.24, 2.45) is 11.3 Å². The molecule has 0 radical (unpaired) electrons. The monoisotopic (exact) mass is 453 g/mol. The third-order valence-corrected chi connectivity index (χ3v) is 6.50. The van der Waals surface area contributed by atoms with E-state index in [0.29, 0.717) is 43.7 Å². The van der Waals surface area contributed by atoms with E-state index in [-0.39, 0.29) is 17.4 Å². The number of rotatable bonds is 6. The molecular weight excluding hydrogens is 423 g/mol. The van der Waals surface area contributed by atoms with Crippen LogP contribution in [0.2, 0.25) is 0 Å². The predicted molar refractivity (Wildman–Crippen MR) is 113 cm³/mol. The molecule has 1 amide bonds. The van der Waals surface area contributed by atoms with E-state index in [1.54, 1.807) is 22.9 Å². The van der Waals surface area contributed by atoms with E-state index in [1.165, 1.54) is 6.07 Å². The Bertz CT molecular complexity index is 988. The first kappa shape index (κ1) is 22.9. The summed E-state index contributed by atoms with van der Waals surface area (Å²) in [5.41, 5.74) is -0.366. The Morgan fingerprint density at radius 3 is 2.81 bits per heavy atom. The van der Waals surface area contributed by atoms with Gasteiger partial charge in [-0.3, -0.25) is 0 Å². The van der Waals surface area contributed by atoms with Crippen LogP contribution in [0.4, 0.5) is 18.0 Å². The Balaban J connectivity index is 1.48. The van der Waals surface area contributed by atoms with Gasteiger partial charge < -0.3 is 18.9 Å². The standard InChI is InChI=1S/C23H30F3N3O3/c1-21(2,14-31-3)12-29-13-22(32-20(29)30)8-4-5-16(10-22)11-28-15-27-18-7-6-17(9-19(18)28)23(24,25)26/h6-7,9,15-16H,4-5,8,10-14H2,1-3H3/t16-,22-/m0/s1. The second-order valence-corrected chi connectivity index (χ2v) is 10.1. The number of hydrogen-bond acceptors (Lipinski definition) is 4. The topological polar surface area (TPSA) is 56.6 Å². The highest BCUT2D eigenvalue weighted by Crippen LogP contribution is 2.41. The second kappa shape index (κ2) is 8.24. The Kier molecular flexibility index (Phi) is 5.90. The minimum Gasteiger partial charge on any atom is -0.441 e. The molecule has 1 aliphatic heterocycles. The number of aromatic nitrogens is 2. The highest BCUT2D eigenvalue weighted by molar-refractivity contribution is 5.76. The number of fused-ring (bicyclic) bond motifs is 1. The van der Waals surface area contributed by atoms with Crippen LogP contribution in [0.25, 0.3) is 11.0 Å². The molecule has 1 saturated carbocycles. The lowest BCUT2D eigenvalue weighted by atomic mass is 9.77. The number of amides is 1. The average molecular weight is 454 g/mol. The third-order valence-electron chi connectivity index (χ3n) is 6.50. The molecule has 1 saturated heterocycles. The van der Waals surface area contributed by atoms with Gasteiger partial charge in [-0.2, -0.15) is 13.2 Å². The smallest absolute Gasteiger partial charge is 0.416 e. The van der Waals surface area contributed by atoms with Crippen molar-refractivity contribution >= 4 is 17.1 Å². The van der Waals surface area contributed by atoms with Crippen molar-refractivity contribution in [1.82, 2.24) is 14.5 Å². The molecule has 0 N–H and O–H groups in total. The maximum Gasteiger partial charge on any atom is 0.416 e. The Hall–Kier alpha value is -2.29. The maximum atomic E-state index is 13.2. The van der Waals surface area contributed by atoms with Crippen molar-refractivity contribution < 1.29 is 27.4 Å². The number of benzene rings is 1. The largest absolute Gasteiger partial charge is 0.441 e. The number of carbonyl (C=O) groups is 1. The summed E-state index contributed by atoms with van der Waals surface area (Å²) < 4.78 is 52.5. The molecule has 1 aromatic heterocycles. The number of halogens is 3. The molecule has 9 heteroatoms. The van der Waals surface area contributed by atoms with E-state index in [2.05, 4.69) is 18.8 Å². The lowest BCUT2D eigenvalue weighted by Gasteiger charge is -2.36. The molecule has 1 aromatic carbocycles. The molecular formula is C23H30F3N3O3. The molecule has 0 bridgehead atoms.